The summed E-state index contributed by atoms with van der Waals surface area (Å²) in [5, 5.41) is 14.6. The molecule has 1 unspecified atom stereocenters. The van der Waals surface area contributed by atoms with Gasteiger partial charge in [-0.2, -0.15) is 0 Å². The summed E-state index contributed by atoms with van der Waals surface area (Å²) >= 11 is 0. The summed E-state index contributed by atoms with van der Waals surface area (Å²) in [5.41, 5.74) is 0.862. The molecule has 8 nitrogen and oxygen atoms in total. The molecule has 0 radical (unpaired) electrons. The molecule has 1 saturated carbocycles. The normalized spacial score (nSPS) is 23.4. The highest BCUT2D eigenvalue weighted by Gasteiger charge is 2.28. The first-order valence-corrected chi connectivity index (χ1v) is 9.78. The van der Waals surface area contributed by atoms with E-state index >= 15 is 0 Å². The van der Waals surface area contributed by atoms with Crippen LogP contribution < -0.4 is 5.32 Å². The minimum Gasteiger partial charge on any atom is -0.377 e. The van der Waals surface area contributed by atoms with Crippen molar-refractivity contribution in [1.82, 2.24) is 9.80 Å². The molecule has 2 saturated heterocycles. The molecule has 1 aromatic carbocycles. The molecule has 0 bridgehead atoms. The Bertz CT molecular complexity index is 708. The number of carbonyl (C=O) groups excluding carboxylic acids is 1. The number of amides is 1. The Balaban J connectivity index is 1.37. The highest BCUT2D eigenvalue weighted by atomic mass is 16.6. The molecule has 1 N–H and O–H groups in total. The number of carbonyl (C=O) groups is 1. The van der Waals surface area contributed by atoms with Crippen molar-refractivity contribution >= 4 is 17.3 Å². The lowest BCUT2D eigenvalue weighted by atomic mass is 10.1. The van der Waals surface area contributed by atoms with Gasteiger partial charge in [-0.15, -0.1) is 0 Å². The van der Waals surface area contributed by atoms with Crippen LogP contribution in [0.15, 0.2) is 18.2 Å². The molecule has 1 aromatic rings. The van der Waals surface area contributed by atoms with Crippen LogP contribution in [-0.2, 0) is 4.74 Å². The fourth-order valence-corrected chi connectivity index (χ4v) is 3.78. The fourth-order valence-electron chi connectivity index (χ4n) is 3.78. The van der Waals surface area contributed by atoms with E-state index < -0.39 is 4.92 Å². The minimum atomic E-state index is -0.416. The van der Waals surface area contributed by atoms with E-state index in [0.717, 1.165) is 51.9 Å². The van der Waals surface area contributed by atoms with Gasteiger partial charge in [-0.05, 0) is 37.8 Å². The third kappa shape index (κ3) is 4.39. The van der Waals surface area contributed by atoms with Gasteiger partial charge in [-0.3, -0.25) is 19.8 Å². The van der Waals surface area contributed by atoms with Gasteiger partial charge in [0.15, 0.2) is 0 Å². The van der Waals surface area contributed by atoms with Crippen molar-refractivity contribution in [3.8, 4) is 0 Å². The Morgan fingerprint density at radius 2 is 2.00 bits per heavy atom. The van der Waals surface area contributed by atoms with E-state index in [1.54, 1.807) is 17.0 Å². The van der Waals surface area contributed by atoms with E-state index in [4.69, 9.17) is 4.74 Å². The van der Waals surface area contributed by atoms with Gasteiger partial charge in [0.1, 0.15) is 5.69 Å². The van der Waals surface area contributed by atoms with Gasteiger partial charge in [-0.25, -0.2) is 0 Å². The number of hydrogen-bond acceptors (Lipinski definition) is 6. The van der Waals surface area contributed by atoms with Crippen LogP contribution in [0.5, 0.6) is 0 Å². The van der Waals surface area contributed by atoms with Gasteiger partial charge in [0, 0.05) is 57.0 Å². The second-order valence-electron chi connectivity index (χ2n) is 7.64. The average Bonchev–Trinajstić information content (AvgIpc) is 3.34. The van der Waals surface area contributed by atoms with Gasteiger partial charge in [0.05, 0.1) is 11.0 Å². The number of hydrogen-bond donors (Lipinski definition) is 1. The van der Waals surface area contributed by atoms with E-state index in [9.17, 15) is 14.9 Å². The molecule has 146 valence electrons. The van der Waals surface area contributed by atoms with Gasteiger partial charge in [-0.1, -0.05) is 0 Å². The first kappa shape index (κ1) is 18.2. The van der Waals surface area contributed by atoms with Crippen LogP contribution in [0.1, 0.15) is 36.0 Å². The van der Waals surface area contributed by atoms with Crippen LogP contribution in [0.2, 0.25) is 0 Å². The molecule has 1 atom stereocenters. The number of benzene rings is 1. The number of rotatable bonds is 6. The molecule has 1 amide bonds. The molecule has 1 aliphatic carbocycles. The molecule has 0 spiro atoms. The lowest BCUT2D eigenvalue weighted by Gasteiger charge is -2.35. The summed E-state index contributed by atoms with van der Waals surface area (Å²) in [7, 11) is 0. The predicted molar refractivity (Wildman–Crippen MR) is 101 cm³/mol. The molecular formula is C19H26N4O4. The second kappa shape index (κ2) is 7.82. The molecule has 3 fully saturated rings. The van der Waals surface area contributed by atoms with E-state index in [-0.39, 0.29) is 11.6 Å². The maximum Gasteiger partial charge on any atom is 0.293 e. The third-order valence-corrected chi connectivity index (χ3v) is 5.52. The zero-order valence-electron chi connectivity index (χ0n) is 15.4. The van der Waals surface area contributed by atoms with E-state index in [1.165, 1.54) is 6.07 Å². The Hall–Kier alpha value is -2.19. The number of nitro groups is 1. The largest absolute Gasteiger partial charge is 0.377 e. The first-order chi connectivity index (χ1) is 13.1. The Morgan fingerprint density at radius 3 is 2.63 bits per heavy atom. The molecule has 4 rings (SSSR count). The van der Waals surface area contributed by atoms with E-state index in [2.05, 4.69) is 10.2 Å². The van der Waals surface area contributed by atoms with Crippen molar-refractivity contribution < 1.29 is 14.5 Å². The summed E-state index contributed by atoms with van der Waals surface area (Å²) < 4.78 is 5.69. The van der Waals surface area contributed by atoms with Crippen molar-refractivity contribution in [3.63, 3.8) is 0 Å². The highest BCUT2D eigenvalue weighted by Crippen LogP contribution is 2.32. The Kier molecular flexibility index (Phi) is 5.27. The van der Waals surface area contributed by atoms with Crippen molar-refractivity contribution in [1.29, 1.82) is 0 Å². The molecule has 0 aromatic heterocycles. The van der Waals surface area contributed by atoms with Gasteiger partial charge in [0.25, 0.3) is 11.6 Å². The number of nitrogens with one attached hydrogen (secondary N) is 1. The summed E-state index contributed by atoms with van der Waals surface area (Å²) in [6.07, 6.45) is 4.64. The molecule has 2 heterocycles. The summed E-state index contributed by atoms with van der Waals surface area (Å²) in [6, 6.07) is 5.09. The predicted octanol–water partition coefficient (Wildman–Crippen LogP) is 2.11. The van der Waals surface area contributed by atoms with Crippen LogP contribution >= 0.6 is 0 Å². The fraction of sp³-hybridized carbons (Fsp3) is 0.632. The topological polar surface area (TPSA) is 87.9 Å². The Labute approximate surface area is 158 Å². The summed E-state index contributed by atoms with van der Waals surface area (Å²) in [6.45, 7) is 4.69. The zero-order valence-corrected chi connectivity index (χ0v) is 15.4. The molecule has 27 heavy (non-hydrogen) atoms. The quantitative estimate of drug-likeness (QED) is 0.606. The second-order valence-corrected chi connectivity index (χ2v) is 7.64. The Morgan fingerprint density at radius 1 is 1.22 bits per heavy atom. The monoisotopic (exact) mass is 374 g/mol. The van der Waals surface area contributed by atoms with Gasteiger partial charge >= 0.3 is 0 Å². The SMILES string of the molecule is O=C(c1ccc(NC2CC2)c([N+](=O)[O-])c1)N1CCN(CC2CCCO2)CC1. The first-order valence-electron chi connectivity index (χ1n) is 9.78. The molecule has 2 aliphatic heterocycles. The van der Waals surface area contributed by atoms with Gasteiger partial charge < -0.3 is 15.0 Å². The smallest absolute Gasteiger partial charge is 0.293 e. The van der Waals surface area contributed by atoms with Crippen LogP contribution in [-0.4, -0.2) is 72.1 Å². The van der Waals surface area contributed by atoms with Crippen molar-refractivity contribution in [2.24, 2.45) is 0 Å². The standard InChI is InChI=1S/C19H26N4O4/c24-19(22-9-7-21(8-10-22)13-16-2-1-11-27-16)14-3-6-17(20-15-4-5-15)18(12-14)23(25)26/h3,6,12,15-16,20H,1-2,4-5,7-11,13H2. The van der Waals surface area contributed by atoms with Crippen LogP contribution in [0.4, 0.5) is 11.4 Å². The average molecular weight is 374 g/mol. The van der Waals surface area contributed by atoms with Crippen molar-refractivity contribution in [3.05, 3.63) is 33.9 Å². The van der Waals surface area contributed by atoms with E-state index in [0.29, 0.717) is 36.5 Å². The lowest BCUT2D eigenvalue weighted by Crippen LogP contribution is -2.50. The molecule has 8 heteroatoms. The van der Waals surface area contributed by atoms with E-state index in [1.807, 2.05) is 0 Å². The van der Waals surface area contributed by atoms with Crippen molar-refractivity contribution in [2.75, 3.05) is 44.6 Å². The third-order valence-electron chi connectivity index (χ3n) is 5.52. The van der Waals surface area contributed by atoms with Crippen LogP contribution in [0.25, 0.3) is 0 Å². The summed E-state index contributed by atoms with van der Waals surface area (Å²) in [5.74, 6) is -0.132. The number of piperazine rings is 1. The summed E-state index contributed by atoms with van der Waals surface area (Å²) in [4.78, 5) is 27.9. The molecular weight excluding hydrogens is 348 g/mol. The minimum absolute atomic E-state index is 0.0234. The van der Waals surface area contributed by atoms with Crippen molar-refractivity contribution in [2.45, 2.75) is 37.8 Å². The lowest BCUT2D eigenvalue weighted by molar-refractivity contribution is -0.384. The maximum absolute atomic E-state index is 12.8. The maximum atomic E-state index is 12.8. The number of nitrogens with zero attached hydrogens (tertiary/aromatic N) is 3. The number of anilines is 1. The number of nitro benzene ring substituents is 1. The highest BCUT2D eigenvalue weighted by molar-refractivity contribution is 5.95. The zero-order chi connectivity index (χ0) is 18.8. The van der Waals surface area contributed by atoms with Crippen LogP contribution in [0.3, 0.4) is 0 Å². The molecule has 3 aliphatic rings. The number of ether oxygens (including phenoxy) is 1. The van der Waals surface area contributed by atoms with Crippen LogP contribution in [0, 0.1) is 10.1 Å². The van der Waals surface area contributed by atoms with Gasteiger partial charge in [0.2, 0.25) is 0 Å².